The average Bonchev–Trinajstić information content (AvgIpc) is 2.42. The molecule has 1 saturated carbocycles. The molecule has 0 aromatic carbocycles. The number of hydrogen-bond acceptors (Lipinski definition) is 0. The van der Waals surface area contributed by atoms with Crippen molar-refractivity contribution in [2.24, 2.45) is 0 Å². The zero-order chi connectivity index (χ0) is 13.3. The third-order valence-electron chi connectivity index (χ3n) is 4.73. The van der Waals surface area contributed by atoms with Gasteiger partial charge in [0.1, 0.15) is 0 Å². The van der Waals surface area contributed by atoms with E-state index >= 15 is 0 Å². The maximum absolute atomic E-state index is 7.26. The van der Waals surface area contributed by atoms with Crippen LogP contribution in [0.1, 0.15) is 84.5 Å². The van der Waals surface area contributed by atoms with Gasteiger partial charge in [0.15, 0.2) is 0 Å². The molecule has 0 radical (unpaired) electrons. The SMILES string of the molecule is CCCCC[CH2][Ge]([Cl])([CH2]CCC)[CH]1CCCCC1. The molecule has 0 heterocycles. The molecular formula is C16H33ClGe. The second kappa shape index (κ2) is 9.69. The van der Waals surface area contributed by atoms with Gasteiger partial charge in [0.05, 0.1) is 0 Å². The Bertz CT molecular complexity index is 201. The maximum atomic E-state index is 7.26. The van der Waals surface area contributed by atoms with Crippen LogP contribution in [0, 0.1) is 0 Å². The monoisotopic (exact) mass is 334 g/mol. The van der Waals surface area contributed by atoms with Gasteiger partial charge < -0.3 is 0 Å². The molecule has 1 unspecified atom stereocenters. The fourth-order valence-electron chi connectivity index (χ4n) is 3.47. The van der Waals surface area contributed by atoms with E-state index in [0.29, 0.717) is 0 Å². The summed E-state index contributed by atoms with van der Waals surface area (Å²) in [6.07, 6.45) is 15.7. The fourth-order valence-corrected chi connectivity index (χ4v) is 15.0. The Morgan fingerprint density at radius 2 is 1.44 bits per heavy atom. The van der Waals surface area contributed by atoms with E-state index in [0.717, 1.165) is 4.75 Å². The Kier molecular flexibility index (Phi) is 9.09. The topological polar surface area (TPSA) is 0 Å². The van der Waals surface area contributed by atoms with E-state index in [4.69, 9.17) is 10.0 Å². The molecule has 0 aromatic rings. The summed E-state index contributed by atoms with van der Waals surface area (Å²) in [5.74, 6) is 0. The molecule has 0 amide bonds. The number of unbranched alkanes of at least 4 members (excludes halogenated alkanes) is 4. The molecule has 1 fully saturated rings. The molecule has 0 N–H and O–H groups in total. The van der Waals surface area contributed by atoms with Gasteiger partial charge >= 0.3 is 122 Å². The van der Waals surface area contributed by atoms with Crippen LogP contribution in [0.25, 0.3) is 0 Å². The van der Waals surface area contributed by atoms with Crippen LogP contribution in [-0.2, 0) is 0 Å². The minimum atomic E-state index is -2.00. The van der Waals surface area contributed by atoms with Crippen molar-refractivity contribution in [2.75, 3.05) is 0 Å². The summed E-state index contributed by atoms with van der Waals surface area (Å²) in [6.45, 7) is 4.62. The van der Waals surface area contributed by atoms with E-state index in [9.17, 15) is 0 Å². The van der Waals surface area contributed by atoms with Crippen molar-refractivity contribution in [3.05, 3.63) is 0 Å². The van der Waals surface area contributed by atoms with Crippen LogP contribution in [0.5, 0.6) is 0 Å². The number of rotatable bonds is 9. The Morgan fingerprint density at radius 3 is 2.06 bits per heavy atom. The molecule has 0 spiro atoms. The Morgan fingerprint density at radius 1 is 0.833 bits per heavy atom. The minimum absolute atomic E-state index is 0.994. The fraction of sp³-hybridized carbons (Fsp3) is 1.00. The van der Waals surface area contributed by atoms with Crippen LogP contribution in [0.15, 0.2) is 0 Å². The molecule has 0 aromatic heterocycles. The van der Waals surface area contributed by atoms with Gasteiger partial charge in [-0.2, -0.15) is 0 Å². The molecule has 0 nitrogen and oxygen atoms in total. The molecule has 1 aliphatic carbocycles. The summed E-state index contributed by atoms with van der Waals surface area (Å²) >= 11 is -2.00. The Labute approximate surface area is 122 Å². The van der Waals surface area contributed by atoms with Crippen LogP contribution in [0.3, 0.4) is 0 Å². The number of halogens is 1. The average molecular weight is 334 g/mol. The molecule has 108 valence electrons. The molecule has 1 aliphatic rings. The van der Waals surface area contributed by atoms with E-state index in [1.807, 2.05) is 0 Å². The zero-order valence-corrected chi connectivity index (χ0v) is 15.5. The summed E-state index contributed by atoms with van der Waals surface area (Å²) in [6, 6.07) is 0. The van der Waals surface area contributed by atoms with Crippen molar-refractivity contribution < 1.29 is 0 Å². The standard InChI is InChI=1S/C16H33ClGe/c1-3-5-7-11-15-18(17,14-6-4-2)16-12-9-8-10-13-16/h16H,3-15H2,1-2H3. The third kappa shape index (κ3) is 5.86. The van der Waals surface area contributed by atoms with Crippen molar-refractivity contribution in [1.29, 1.82) is 0 Å². The molecule has 0 saturated heterocycles. The van der Waals surface area contributed by atoms with Crippen LogP contribution in [0.4, 0.5) is 0 Å². The summed E-state index contributed by atoms with van der Waals surface area (Å²) in [7, 11) is 7.26. The van der Waals surface area contributed by atoms with Crippen LogP contribution in [0.2, 0.25) is 15.3 Å². The predicted octanol–water partition coefficient (Wildman–Crippen LogP) is 6.89. The van der Waals surface area contributed by atoms with Gasteiger partial charge in [-0.3, -0.25) is 0 Å². The van der Waals surface area contributed by atoms with Crippen molar-refractivity contribution in [1.82, 2.24) is 0 Å². The molecule has 1 atom stereocenters. The van der Waals surface area contributed by atoms with Crippen molar-refractivity contribution >= 4 is 22.3 Å². The van der Waals surface area contributed by atoms with Gasteiger partial charge in [-0.1, -0.05) is 0 Å². The van der Waals surface area contributed by atoms with Gasteiger partial charge in [-0.05, 0) is 0 Å². The van der Waals surface area contributed by atoms with Gasteiger partial charge in [-0.25, -0.2) is 0 Å². The van der Waals surface area contributed by atoms with E-state index < -0.39 is 12.3 Å². The van der Waals surface area contributed by atoms with E-state index in [1.165, 1.54) is 81.1 Å². The first-order valence-corrected chi connectivity index (χ1v) is 15.4. The van der Waals surface area contributed by atoms with Crippen molar-refractivity contribution in [2.45, 2.75) is 99.7 Å². The molecule has 0 aliphatic heterocycles. The van der Waals surface area contributed by atoms with Gasteiger partial charge in [0.2, 0.25) is 0 Å². The first-order chi connectivity index (χ1) is 8.73. The van der Waals surface area contributed by atoms with E-state index in [-0.39, 0.29) is 0 Å². The third-order valence-corrected chi connectivity index (χ3v) is 17.5. The molecular weight excluding hydrogens is 300 g/mol. The summed E-state index contributed by atoms with van der Waals surface area (Å²) in [4.78, 5) is 0. The zero-order valence-electron chi connectivity index (χ0n) is 12.6. The van der Waals surface area contributed by atoms with Crippen LogP contribution >= 0.6 is 10.0 Å². The summed E-state index contributed by atoms with van der Waals surface area (Å²) in [5, 5.41) is 2.89. The van der Waals surface area contributed by atoms with Crippen molar-refractivity contribution in [3.8, 4) is 0 Å². The second-order valence-corrected chi connectivity index (χ2v) is 18.3. The molecule has 18 heavy (non-hydrogen) atoms. The Balaban J connectivity index is 2.44. The van der Waals surface area contributed by atoms with Gasteiger partial charge in [0, 0.05) is 0 Å². The second-order valence-electron chi connectivity index (χ2n) is 6.28. The first-order valence-electron chi connectivity index (χ1n) is 8.42. The molecule has 1 rings (SSSR count). The summed E-state index contributed by atoms with van der Waals surface area (Å²) in [5.41, 5.74) is 0. The van der Waals surface area contributed by atoms with Gasteiger partial charge in [-0.15, -0.1) is 0 Å². The van der Waals surface area contributed by atoms with E-state index in [1.54, 1.807) is 0 Å². The summed E-state index contributed by atoms with van der Waals surface area (Å²) < 4.78 is 0.994. The first kappa shape index (κ1) is 16.9. The quantitative estimate of drug-likeness (QED) is 0.318. The normalized spacial score (nSPS) is 20.8. The van der Waals surface area contributed by atoms with Crippen LogP contribution < -0.4 is 0 Å². The van der Waals surface area contributed by atoms with Gasteiger partial charge in [0.25, 0.3) is 0 Å². The van der Waals surface area contributed by atoms with E-state index in [2.05, 4.69) is 13.8 Å². The molecule has 0 bridgehead atoms. The Hall–Kier alpha value is 0.833. The predicted molar refractivity (Wildman–Crippen MR) is 87.1 cm³/mol. The number of hydrogen-bond donors (Lipinski definition) is 0. The molecule has 2 heteroatoms. The van der Waals surface area contributed by atoms with Crippen LogP contribution in [-0.4, -0.2) is 12.3 Å². The van der Waals surface area contributed by atoms with Crippen molar-refractivity contribution in [3.63, 3.8) is 0 Å².